The van der Waals surface area contributed by atoms with E-state index in [0.717, 1.165) is 54.8 Å². The van der Waals surface area contributed by atoms with Gasteiger partial charge in [0.2, 0.25) is 0 Å². The summed E-state index contributed by atoms with van der Waals surface area (Å²) in [5.41, 5.74) is 1.03. The van der Waals surface area contributed by atoms with Crippen LogP contribution in [0.2, 0.25) is 0 Å². The summed E-state index contributed by atoms with van der Waals surface area (Å²) < 4.78 is 2.23. The summed E-state index contributed by atoms with van der Waals surface area (Å²) >= 11 is 0. The molecule has 0 saturated heterocycles. The lowest BCUT2D eigenvalue weighted by molar-refractivity contribution is 0.376. The second-order valence-corrected chi connectivity index (χ2v) is 6.19. The van der Waals surface area contributed by atoms with Crippen molar-refractivity contribution in [2.75, 3.05) is 11.9 Å². The molecule has 1 aliphatic heterocycles. The number of aromatic nitrogens is 5. The van der Waals surface area contributed by atoms with Crippen LogP contribution in [0.5, 0.6) is 0 Å². The molecule has 0 unspecified atom stereocenters. The fourth-order valence-electron chi connectivity index (χ4n) is 3.13. The zero-order chi connectivity index (χ0) is 16.4. The first-order valence-electron chi connectivity index (χ1n) is 8.30. The van der Waals surface area contributed by atoms with E-state index in [1.165, 1.54) is 0 Å². The molecular weight excluding hydrogens is 300 g/mol. The topological polar surface area (TPSA) is 68.5 Å². The number of anilines is 1. The van der Waals surface area contributed by atoms with Crippen molar-refractivity contribution in [3.05, 3.63) is 54.2 Å². The highest BCUT2D eigenvalue weighted by atomic mass is 15.3. The van der Waals surface area contributed by atoms with Crippen molar-refractivity contribution in [1.29, 1.82) is 0 Å². The Morgan fingerprint density at radius 1 is 1.17 bits per heavy atom. The summed E-state index contributed by atoms with van der Waals surface area (Å²) in [6.45, 7) is 3.88. The second-order valence-electron chi connectivity index (χ2n) is 6.19. The van der Waals surface area contributed by atoms with Crippen LogP contribution in [0.4, 0.5) is 5.82 Å². The highest BCUT2D eigenvalue weighted by Gasteiger charge is 2.21. The Labute approximate surface area is 141 Å². The number of nitrogens with one attached hydrogen (secondary N) is 1. The van der Waals surface area contributed by atoms with Gasteiger partial charge in [0, 0.05) is 31.3 Å². The summed E-state index contributed by atoms with van der Waals surface area (Å²) in [5, 5.41) is 11.9. The van der Waals surface area contributed by atoms with E-state index < -0.39 is 0 Å². The lowest BCUT2D eigenvalue weighted by Gasteiger charge is -2.24. The van der Waals surface area contributed by atoms with Crippen LogP contribution < -0.4 is 5.32 Å². The minimum absolute atomic E-state index is 0.558. The second kappa shape index (κ2) is 6.39. The van der Waals surface area contributed by atoms with E-state index in [-0.39, 0.29) is 0 Å². The number of benzene rings is 1. The van der Waals surface area contributed by atoms with Crippen LogP contribution in [0.1, 0.15) is 18.1 Å². The van der Waals surface area contributed by atoms with Gasteiger partial charge in [0.05, 0.1) is 0 Å². The predicted octanol–water partition coefficient (Wildman–Crippen LogP) is 2.72. The maximum Gasteiger partial charge on any atom is 0.161 e. The SMILES string of the molecule is Cc1nnc2n1C[C@H](CNc1ccnc(-c3ccccc3)n1)CC2. The smallest absolute Gasteiger partial charge is 0.161 e. The van der Waals surface area contributed by atoms with Crippen LogP contribution in [0.3, 0.4) is 0 Å². The van der Waals surface area contributed by atoms with Crippen LogP contribution in [-0.4, -0.2) is 31.3 Å². The maximum atomic E-state index is 4.63. The number of hydrogen-bond donors (Lipinski definition) is 1. The van der Waals surface area contributed by atoms with Crippen molar-refractivity contribution < 1.29 is 0 Å². The molecule has 1 aromatic carbocycles. The first kappa shape index (κ1) is 14.8. The summed E-state index contributed by atoms with van der Waals surface area (Å²) in [7, 11) is 0. The third-order valence-electron chi connectivity index (χ3n) is 4.49. The van der Waals surface area contributed by atoms with Gasteiger partial charge in [-0.05, 0) is 25.3 Å². The summed E-state index contributed by atoms with van der Waals surface area (Å²) in [4.78, 5) is 8.99. The molecule has 1 atom stereocenters. The third kappa shape index (κ3) is 2.99. The zero-order valence-electron chi connectivity index (χ0n) is 13.7. The van der Waals surface area contributed by atoms with Crippen LogP contribution in [0.25, 0.3) is 11.4 Å². The highest BCUT2D eigenvalue weighted by molar-refractivity contribution is 5.56. The average molecular weight is 320 g/mol. The molecule has 0 saturated carbocycles. The van der Waals surface area contributed by atoms with Gasteiger partial charge in [0.15, 0.2) is 5.82 Å². The summed E-state index contributed by atoms with van der Waals surface area (Å²) in [5.74, 6) is 4.29. The lowest BCUT2D eigenvalue weighted by atomic mass is 9.99. The van der Waals surface area contributed by atoms with E-state index in [0.29, 0.717) is 5.92 Å². The molecule has 0 spiro atoms. The Bertz CT molecular complexity index is 827. The van der Waals surface area contributed by atoms with Crippen molar-refractivity contribution in [2.45, 2.75) is 26.3 Å². The van der Waals surface area contributed by atoms with E-state index in [9.17, 15) is 0 Å². The van der Waals surface area contributed by atoms with Gasteiger partial charge in [-0.1, -0.05) is 30.3 Å². The quantitative estimate of drug-likeness (QED) is 0.800. The van der Waals surface area contributed by atoms with Gasteiger partial charge < -0.3 is 9.88 Å². The van der Waals surface area contributed by atoms with Crippen LogP contribution in [0.15, 0.2) is 42.6 Å². The minimum Gasteiger partial charge on any atom is -0.370 e. The Morgan fingerprint density at radius 2 is 2.04 bits per heavy atom. The summed E-state index contributed by atoms with van der Waals surface area (Å²) in [6, 6.07) is 12.0. The normalized spacial score (nSPS) is 16.6. The Morgan fingerprint density at radius 3 is 2.92 bits per heavy atom. The van der Waals surface area contributed by atoms with Crippen molar-refractivity contribution in [3.63, 3.8) is 0 Å². The van der Waals surface area contributed by atoms with E-state index in [4.69, 9.17) is 0 Å². The van der Waals surface area contributed by atoms with Gasteiger partial charge in [-0.2, -0.15) is 0 Å². The monoisotopic (exact) mass is 320 g/mol. The number of hydrogen-bond acceptors (Lipinski definition) is 5. The van der Waals surface area contributed by atoms with Gasteiger partial charge in [0.1, 0.15) is 17.5 Å². The molecule has 3 heterocycles. The first-order chi connectivity index (χ1) is 11.8. The molecule has 122 valence electrons. The Balaban J connectivity index is 1.43. The molecule has 0 aliphatic carbocycles. The summed E-state index contributed by atoms with van der Waals surface area (Å²) in [6.07, 6.45) is 3.93. The zero-order valence-corrected chi connectivity index (χ0v) is 13.7. The van der Waals surface area contributed by atoms with E-state index in [2.05, 4.69) is 30.0 Å². The maximum absolute atomic E-state index is 4.63. The number of fused-ring (bicyclic) bond motifs is 1. The van der Waals surface area contributed by atoms with Gasteiger partial charge in [-0.15, -0.1) is 10.2 Å². The predicted molar refractivity (Wildman–Crippen MR) is 92.5 cm³/mol. The van der Waals surface area contributed by atoms with Gasteiger partial charge >= 0.3 is 0 Å². The van der Waals surface area contributed by atoms with Crippen LogP contribution in [-0.2, 0) is 13.0 Å². The molecule has 0 bridgehead atoms. The van der Waals surface area contributed by atoms with E-state index >= 15 is 0 Å². The molecule has 1 aliphatic rings. The van der Waals surface area contributed by atoms with Crippen molar-refractivity contribution in [2.24, 2.45) is 5.92 Å². The van der Waals surface area contributed by atoms with E-state index in [1.54, 1.807) is 6.20 Å². The molecule has 6 heteroatoms. The van der Waals surface area contributed by atoms with Crippen LogP contribution >= 0.6 is 0 Å². The third-order valence-corrected chi connectivity index (χ3v) is 4.49. The largest absolute Gasteiger partial charge is 0.370 e. The molecular formula is C18H20N6. The van der Waals surface area contributed by atoms with Gasteiger partial charge in [-0.25, -0.2) is 9.97 Å². The first-order valence-corrected chi connectivity index (χ1v) is 8.30. The van der Waals surface area contributed by atoms with Crippen LogP contribution in [0, 0.1) is 12.8 Å². The molecule has 6 nitrogen and oxygen atoms in total. The molecule has 24 heavy (non-hydrogen) atoms. The standard InChI is InChI=1S/C18H20N6/c1-13-22-23-17-8-7-14(12-24(13)17)11-20-16-9-10-19-18(21-16)15-5-3-2-4-6-15/h2-6,9-10,14H,7-8,11-12H2,1H3,(H,19,20,21)/t14-/m0/s1. The molecule has 1 N–H and O–H groups in total. The number of nitrogens with zero attached hydrogens (tertiary/aromatic N) is 5. The number of aryl methyl sites for hydroxylation is 2. The molecule has 3 aromatic rings. The molecule has 0 radical (unpaired) electrons. The molecule has 0 amide bonds. The van der Waals surface area contributed by atoms with Crippen molar-refractivity contribution >= 4 is 5.82 Å². The average Bonchev–Trinajstić information content (AvgIpc) is 3.02. The van der Waals surface area contributed by atoms with Gasteiger partial charge in [0.25, 0.3) is 0 Å². The van der Waals surface area contributed by atoms with Crippen molar-refractivity contribution in [3.8, 4) is 11.4 Å². The minimum atomic E-state index is 0.558. The van der Waals surface area contributed by atoms with Gasteiger partial charge in [-0.3, -0.25) is 0 Å². The Kier molecular flexibility index (Phi) is 3.94. The fourth-order valence-corrected chi connectivity index (χ4v) is 3.13. The fraction of sp³-hybridized carbons (Fsp3) is 0.333. The molecule has 2 aromatic heterocycles. The Hall–Kier alpha value is -2.76. The molecule has 0 fully saturated rings. The lowest BCUT2D eigenvalue weighted by Crippen LogP contribution is -2.27. The van der Waals surface area contributed by atoms with Crippen molar-refractivity contribution in [1.82, 2.24) is 24.7 Å². The number of rotatable bonds is 4. The van der Waals surface area contributed by atoms with E-state index in [1.807, 2.05) is 43.3 Å². The highest BCUT2D eigenvalue weighted by Crippen LogP contribution is 2.21. The molecule has 4 rings (SSSR count).